The fourth-order valence-electron chi connectivity index (χ4n) is 4.38. The minimum atomic E-state index is -4.56. The molecule has 0 spiro atoms. The average Bonchev–Trinajstić information content (AvgIpc) is 3.09. The van der Waals surface area contributed by atoms with E-state index in [9.17, 15) is 27.9 Å². The number of rotatable bonds is 5. The van der Waals surface area contributed by atoms with E-state index in [4.69, 9.17) is 4.74 Å². The molecule has 5 nitrogen and oxygen atoms in total. The first-order valence-corrected chi connectivity index (χ1v) is 11.2. The second kappa shape index (κ2) is 9.53. The summed E-state index contributed by atoms with van der Waals surface area (Å²) in [6.45, 7) is 3.34. The highest BCUT2D eigenvalue weighted by atomic mass is 19.4. The maximum Gasteiger partial charge on any atom is 0.416 e. The van der Waals surface area contributed by atoms with Gasteiger partial charge in [0, 0.05) is 12.1 Å². The third-order valence-corrected chi connectivity index (χ3v) is 6.20. The van der Waals surface area contributed by atoms with Crippen LogP contribution in [0, 0.1) is 13.8 Å². The quantitative estimate of drug-likeness (QED) is 0.270. The smallest absolute Gasteiger partial charge is 0.416 e. The molecule has 8 heteroatoms. The van der Waals surface area contributed by atoms with E-state index in [0.717, 1.165) is 17.7 Å². The number of aliphatic hydroxyl groups is 1. The molecule has 0 aliphatic carbocycles. The maximum absolute atomic E-state index is 13.3. The minimum absolute atomic E-state index is 0.131. The molecule has 1 amide bonds. The van der Waals surface area contributed by atoms with Crippen LogP contribution in [0.25, 0.3) is 5.76 Å². The van der Waals surface area contributed by atoms with Gasteiger partial charge in [-0.3, -0.25) is 9.59 Å². The molecule has 3 aromatic rings. The number of amides is 1. The third-order valence-electron chi connectivity index (χ3n) is 6.20. The first-order chi connectivity index (χ1) is 17.0. The van der Waals surface area contributed by atoms with Crippen LogP contribution in [0.15, 0.2) is 72.3 Å². The predicted molar refractivity (Wildman–Crippen MR) is 128 cm³/mol. The van der Waals surface area contributed by atoms with Gasteiger partial charge in [0.1, 0.15) is 11.5 Å². The molecule has 1 N–H and O–H groups in total. The number of carbonyl (C=O) groups excluding carboxylic acids is 2. The summed E-state index contributed by atoms with van der Waals surface area (Å²) >= 11 is 0. The van der Waals surface area contributed by atoms with Crippen LogP contribution >= 0.6 is 0 Å². The molecule has 3 aromatic carbocycles. The minimum Gasteiger partial charge on any atom is -0.507 e. The fourth-order valence-corrected chi connectivity index (χ4v) is 4.38. The number of likely N-dealkylation sites (tertiary alicyclic amines) is 1. The lowest BCUT2D eigenvalue weighted by molar-refractivity contribution is -0.140. The van der Waals surface area contributed by atoms with Gasteiger partial charge in [-0.05, 0) is 60.9 Å². The lowest BCUT2D eigenvalue weighted by Crippen LogP contribution is -2.29. The van der Waals surface area contributed by atoms with E-state index < -0.39 is 29.5 Å². The Hall–Kier alpha value is -4.07. The monoisotopic (exact) mass is 495 g/mol. The SMILES string of the molecule is COc1cccc(C2/C(=C(\O)c3cc(C)ccc3C)C(=O)C(=O)N2Cc2cccc(C(F)(F)F)c2)c1. The van der Waals surface area contributed by atoms with Crippen molar-refractivity contribution in [3.05, 3.63) is 106 Å². The molecule has 1 heterocycles. The number of hydrogen-bond donors (Lipinski definition) is 1. The van der Waals surface area contributed by atoms with Crippen molar-refractivity contribution in [1.82, 2.24) is 4.90 Å². The number of aliphatic hydroxyl groups excluding tert-OH is 1. The van der Waals surface area contributed by atoms with Crippen molar-refractivity contribution in [2.75, 3.05) is 7.11 Å². The average molecular weight is 495 g/mol. The van der Waals surface area contributed by atoms with Crippen LogP contribution in [0.4, 0.5) is 13.2 Å². The van der Waals surface area contributed by atoms with Crippen molar-refractivity contribution in [2.24, 2.45) is 0 Å². The van der Waals surface area contributed by atoms with E-state index in [2.05, 4.69) is 0 Å². The Kier molecular flexibility index (Phi) is 6.63. The Labute approximate surface area is 206 Å². The topological polar surface area (TPSA) is 66.8 Å². The number of aryl methyl sites for hydroxylation is 2. The van der Waals surface area contributed by atoms with Gasteiger partial charge in [0.2, 0.25) is 0 Å². The fraction of sp³-hybridized carbons (Fsp3) is 0.214. The van der Waals surface area contributed by atoms with Gasteiger partial charge >= 0.3 is 6.18 Å². The number of alkyl halides is 3. The highest BCUT2D eigenvalue weighted by molar-refractivity contribution is 6.46. The zero-order chi connectivity index (χ0) is 26.2. The first-order valence-electron chi connectivity index (χ1n) is 11.2. The molecule has 1 aliphatic heterocycles. The number of halogens is 3. The van der Waals surface area contributed by atoms with Gasteiger partial charge in [-0.1, -0.05) is 42.0 Å². The molecule has 1 saturated heterocycles. The van der Waals surface area contributed by atoms with Gasteiger partial charge in [0.25, 0.3) is 11.7 Å². The predicted octanol–water partition coefficient (Wildman–Crippen LogP) is 5.95. The van der Waals surface area contributed by atoms with E-state index in [-0.39, 0.29) is 23.4 Å². The molecule has 186 valence electrons. The molecule has 0 bridgehead atoms. The Morgan fingerprint density at radius 3 is 2.42 bits per heavy atom. The van der Waals surface area contributed by atoms with Crippen LogP contribution in [-0.2, 0) is 22.3 Å². The summed E-state index contributed by atoms with van der Waals surface area (Å²) < 4.78 is 45.1. The summed E-state index contributed by atoms with van der Waals surface area (Å²) in [6, 6.07) is 15.6. The van der Waals surface area contributed by atoms with Crippen LogP contribution in [0.3, 0.4) is 0 Å². The van der Waals surface area contributed by atoms with E-state index in [1.54, 1.807) is 43.3 Å². The van der Waals surface area contributed by atoms with Crippen LogP contribution in [0.2, 0.25) is 0 Å². The number of carbonyl (C=O) groups is 2. The molecular formula is C28H24F3NO4. The van der Waals surface area contributed by atoms with Crippen molar-refractivity contribution < 1.29 is 32.6 Å². The van der Waals surface area contributed by atoms with Crippen LogP contribution in [0.1, 0.15) is 39.4 Å². The van der Waals surface area contributed by atoms with Crippen LogP contribution in [0.5, 0.6) is 5.75 Å². The Balaban J connectivity index is 1.89. The van der Waals surface area contributed by atoms with Crippen molar-refractivity contribution in [2.45, 2.75) is 32.6 Å². The number of nitrogens with zero attached hydrogens (tertiary/aromatic N) is 1. The van der Waals surface area contributed by atoms with Gasteiger partial charge in [-0.2, -0.15) is 13.2 Å². The summed E-state index contributed by atoms with van der Waals surface area (Å²) in [5.74, 6) is -1.70. The van der Waals surface area contributed by atoms with Gasteiger partial charge in [0.15, 0.2) is 0 Å². The summed E-state index contributed by atoms with van der Waals surface area (Å²) in [7, 11) is 1.47. The number of hydrogen-bond acceptors (Lipinski definition) is 4. The van der Waals surface area contributed by atoms with E-state index in [1.165, 1.54) is 24.1 Å². The highest BCUT2D eigenvalue weighted by Gasteiger charge is 2.46. The second-order valence-electron chi connectivity index (χ2n) is 8.72. The van der Waals surface area contributed by atoms with Gasteiger partial charge in [0.05, 0.1) is 24.3 Å². The maximum atomic E-state index is 13.3. The van der Waals surface area contributed by atoms with Gasteiger partial charge < -0.3 is 14.7 Å². The largest absolute Gasteiger partial charge is 0.507 e. The lowest BCUT2D eigenvalue weighted by atomic mass is 9.93. The number of ketones is 1. The second-order valence-corrected chi connectivity index (χ2v) is 8.72. The number of methoxy groups -OCH3 is 1. The third kappa shape index (κ3) is 4.71. The number of Topliss-reactive ketones (excluding diaryl/α,β-unsaturated/α-hetero) is 1. The van der Waals surface area contributed by atoms with Crippen molar-refractivity contribution in [3.8, 4) is 5.75 Å². The summed E-state index contributed by atoms with van der Waals surface area (Å²) in [5, 5.41) is 11.3. The molecule has 1 unspecified atom stereocenters. The summed E-state index contributed by atoms with van der Waals surface area (Å²) in [5.41, 5.74) is 1.64. The molecule has 1 aliphatic rings. The normalized spacial score (nSPS) is 17.5. The Morgan fingerprint density at radius 2 is 1.72 bits per heavy atom. The Bertz CT molecular complexity index is 1380. The molecule has 0 radical (unpaired) electrons. The van der Waals surface area contributed by atoms with Crippen LogP contribution in [-0.4, -0.2) is 28.8 Å². The van der Waals surface area contributed by atoms with Crippen molar-refractivity contribution in [1.29, 1.82) is 0 Å². The van der Waals surface area contributed by atoms with Gasteiger partial charge in [-0.25, -0.2) is 0 Å². The van der Waals surface area contributed by atoms with E-state index >= 15 is 0 Å². The standard InChI is InChI=1S/C28H24F3NO4/c1-16-10-11-17(2)22(12-16)25(33)23-24(19-7-5-9-21(14-19)36-3)32(27(35)26(23)34)15-18-6-4-8-20(13-18)28(29,30)31/h4-14,24,33H,15H2,1-3H3/b25-23+. The van der Waals surface area contributed by atoms with Crippen LogP contribution < -0.4 is 4.74 Å². The van der Waals surface area contributed by atoms with Crippen molar-refractivity contribution >= 4 is 17.4 Å². The van der Waals surface area contributed by atoms with Crippen molar-refractivity contribution in [3.63, 3.8) is 0 Å². The van der Waals surface area contributed by atoms with E-state index in [1.807, 2.05) is 13.0 Å². The summed E-state index contributed by atoms with van der Waals surface area (Å²) in [4.78, 5) is 27.7. The number of ether oxygens (including phenoxy) is 1. The zero-order valence-electron chi connectivity index (χ0n) is 19.9. The first kappa shape index (κ1) is 25.0. The number of benzene rings is 3. The Morgan fingerprint density at radius 1 is 1.00 bits per heavy atom. The summed E-state index contributed by atoms with van der Waals surface area (Å²) in [6.07, 6.45) is -4.56. The molecule has 1 fully saturated rings. The van der Waals surface area contributed by atoms with E-state index in [0.29, 0.717) is 22.4 Å². The molecule has 36 heavy (non-hydrogen) atoms. The molecule has 4 rings (SSSR count). The molecule has 0 saturated carbocycles. The van der Waals surface area contributed by atoms with Gasteiger partial charge in [-0.15, -0.1) is 0 Å². The lowest BCUT2D eigenvalue weighted by Gasteiger charge is -2.26. The molecular weight excluding hydrogens is 471 g/mol. The highest BCUT2D eigenvalue weighted by Crippen LogP contribution is 2.42. The molecule has 0 aromatic heterocycles. The zero-order valence-corrected chi connectivity index (χ0v) is 19.9. The molecule has 1 atom stereocenters.